The normalized spacial score (nSPS) is 23.3. The summed E-state index contributed by atoms with van der Waals surface area (Å²) in [6.07, 6.45) is -8.67. The second-order valence-corrected chi connectivity index (χ2v) is 7.89. The molecule has 28 heavy (non-hydrogen) atoms. The summed E-state index contributed by atoms with van der Waals surface area (Å²) in [5, 5.41) is 18.7. The van der Waals surface area contributed by atoms with Gasteiger partial charge in [-0.1, -0.05) is 18.2 Å². The van der Waals surface area contributed by atoms with E-state index in [2.05, 4.69) is 0 Å². The van der Waals surface area contributed by atoms with E-state index in [9.17, 15) is 41.4 Å². The topological polar surface area (TPSA) is 121 Å². The van der Waals surface area contributed by atoms with E-state index in [1.54, 1.807) is 6.07 Å². The number of carbonyl (C=O) groups excluding carboxylic acids is 1. The van der Waals surface area contributed by atoms with Gasteiger partial charge in [0.05, 0.1) is 12.0 Å². The minimum atomic E-state index is -5.09. The molecule has 152 valence electrons. The van der Waals surface area contributed by atoms with Crippen molar-refractivity contribution in [2.24, 2.45) is 5.92 Å². The van der Waals surface area contributed by atoms with Crippen LogP contribution in [0.2, 0.25) is 0 Å². The first-order chi connectivity index (χ1) is 12.9. The molecular formula is C16H14F3NO7S. The predicted octanol–water partition coefficient (Wildman–Crippen LogP) is 1.15. The molecule has 0 saturated carbocycles. The van der Waals surface area contributed by atoms with Crippen molar-refractivity contribution in [2.75, 3.05) is 0 Å². The number of fused-ring (bicyclic) bond motifs is 1. The van der Waals surface area contributed by atoms with Gasteiger partial charge in [0.25, 0.3) is 0 Å². The molecule has 2 aliphatic heterocycles. The van der Waals surface area contributed by atoms with E-state index in [-0.39, 0.29) is 4.90 Å². The highest BCUT2D eigenvalue weighted by Crippen LogP contribution is 2.47. The molecule has 0 radical (unpaired) electrons. The summed E-state index contributed by atoms with van der Waals surface area (Å²) in [6, 6.07) is 4.31. The lowest BCUT2D eigenvalue weighted by Crippen LogP contribution is -2.64. The molecule has 2 N–H and O–H groups in total. The largest absolute Gasteiger partial charge is 0.476 e. The lowest BCUT2D eigenvalue weighted by atomic mass is 9.82. The Bertz CT molecular complexity index is 986. The fourth-order valence-electron chi connectivity index (χ4n) is 3.34. The van der Waals surface area contributed by atoms with Gasteiger partial charge in [-0.2, -0.15) is 21.6 Å². The van der Waals surface area contributed by atoms with Gasteiger partial charge in [0.15, 0.2) is 17.6 Å². The lowest BCUT2D eigenvalue weighted by Gasteiger charge is -2.45. The maximum Gasteiger partial charge on any atom is 0.415 e. The summed E-state index contributed by atoms with van der Waals surface area (Å²) >= 11 is 0. The van der Waals surface area contributed by atoms with Crippen molar-refractivity contribution in [3.05, 3.63) is 41.3 Å². The number of benzene rings is 1. The number of hydrogen-bond acceptors (Lipinski definition) is 6. The van der Waals surface area contributed by atoms with Crippen molar-refractivity contribution in [1.82, 2.24) is 4.90 Å². The first kappa shape index (κ1) is 20.1. The number of halogens is 3. The summed E-state index contributed by atoms with van der Waals surface area (Å²) in [5.41, 5.74) is -0.541. The van der Waals surface area contributed by atoms with E-state index in [1.165, 1.54) is 25.1 Å². The third-order valence-electron chi connectivity index (χ3n) is 4.62. The third-order valence-corrected chi connectivity index (χ3v) is 6.04. The molecule has 3 atom stereocenters. The SMILES string of the molecule is Cc1ccccc1S(=O)(=O)OC1=C(C(=O)O)N2C(=O)C(C(O)C(F)(F)F)C2C1. The van der Waals surface area contributed by atoms with Crippen molar-refractivity contribution < 1.29 is 45.6 Å². The molecule has 0 aromatic heterocycles. The highest BCUT2D eigenvalue weighted by molar-refractivity contribution is 7.87. The number of aliphatic hydroxyl groups is 1. The summed E-state index contributed by atoms with van der Waals surface area (Å²) in [5.74, 6) is -5.59. The van der Waals surface area contributed by atoms with Crippen molar-refractivity contribution in [3.63, 3.8) is 0 Å². The van der Waals surface area contributed by atoms with E-state index in [0.717, 1.165) is 0 Å². The molecule has 1 aromatic carbocycles. The van der Waals surface area contributed by atoms with Crippen LogP contribution in [0.25, 0.3) is 0 Å². The van der Waals surface area contributed by atoms with Gasteiger partial charge in [0.1, 0.15) is 4.90 Å². The Balaban J connectivity index is 1.94. The van der Waals surface area contributed by atoms with Crippen LogP contribution in [0.1, 0.15) is 12.0 Å². The van der Waals surface area contributed by atoms with Crippen LogP contribution in [0, 0.1) is 12.8 Å². The molecule has 8 nitrogen and oxygen atoms in total. The monoisotopic (exact) mass is 421 g/mol. The number of carbonyl (C=O) groups is 2. The van der Waals surface area contributed by atoms with Crippen LogP contribution in [-0.4, -0.2) is 53.7 Å². The highest BCUT2D eigenvalue weighted by Gasteiger charge is 2.63. The average molecular weight is 421 g/mol. The van der Waals surface area contributed by atoms with Crippen LogP contribution in [0.3, 0.4) is 0 Å². The van der Waals surface area contributed by atoms with Crippen LogP contribution >= 0.6 is 0 Å². The van der Waals surface area contributed by atoms with Crippen molar-refractivity contribution in [1.29, 1.82) is 0 Å². The number of carboxylic acid groups (broad SMARTS) is 1. The van der Waals surface area contributed by atoms with Gasteiger partial charge in [-0.3, -0.25) is 9.69 Å². The molecule has 1 aromatic rings. The number of aliphatic hydroxyl groups excluding tert-OH is 1. The lowest BCUT2D eigenvalue weighted by molar-refractivity contribution is -0.236. The van der Waals surface area contributed by atoms with Crippen molar-refractivity contribution >= 4 is 22.0 Å². The van der Waals surface area contributed by atoms with Crippen molar-refractivity contribution in [2.45, 2.75) is 36.6 Å². The van der Waals surface area contributed by atoms with Crippen LogP contribution in [0.4, 0.5) is 13.2 Å². The molecule has 2 heterocycles. The Kier molecular flexibility index (Phi) is 4.66. The average Bonchev–Trinajstić information content (AvgIpc) is 2.88. The minimum Gasteiger partial charge on any atom is -0.476 e. The fourth-order valence-corrected chi connectivity index (χ4v) is 4.55. The van der Waals surface area contributed by atoms with E-state index in [0.29, 0.717) is 10.5 Å². The number of β-lactam (4-membered cyclic amide) rings is 1. The third kappa shape index (κ3) is 3.11. The molecule has 1 amide bonds. The molecule has 0 aliphatic carbocycles. The molecule has 3 unspecified atom stereocenters. The molecule has 1 saturated heterocycles. The number of amides is 1. The second-order valence-electron chi connectivity index (χ2n) is 6.37. The van der Waals surface area contributed by atoms with Crippen LogP contribution in [-0.2, 0) is 23.9 Å². The van der Waals surface area contributed by atoms with E-state index < -0.39 is 64.1 Å². The molecule has 0 spiro atoms. The fraction of sp³-hybridized carbons (Fsp3) is 0.375. The van der Waals surface area contributed by atoms with Crippen LogP contribution in [0.15, 0.2) is 40.6 Å². The second kappa shape index (κ2) is 6.48. The summed E-state index contributed by atoms with van der Waals surface area (Å²) in [4.78, 5) is 23.8. The Morgan fingerprint density at radius 3 is 2.46 bits per heavy atom. The Morgan fingerprint density at radius 1 is 1.32 bits per heavy atom. The number of hydrogen-bond donors (Lipinski definition) is 2. The molecule has 1 fully saturated rings. The molecule has 2 aliphatic rings. The van der Waals surface area contributed by atoms with Gasteiger partial charge in [0, 0.05) is 6.42 Å². The Labute approximate surface area is 156 Å². The zero-order valence-electron chi connectivity index (χ0n) is 14.2. The maximum absolute atomic E-state index is 12.8. The van der Waals surface area contributed by atoms with Gasteiger partial charge >= 0.3 is 22.3 Å². The van der Waals surface area contributed by atoms with Gasteiger partial charge in [-0.15, -0.1) is 0 Å². The smallest absolute Gasteiger partial charge is 0.415 e. The summed E-state index contributed by atoms with van der Waals surface area (Å²) in [7, 11) is -4.49. The van der Waals surface area contributed by atoms with E-state index >= 15 is 0 Å². The van der Waals surface area contributed by atoms with Crippen LogP contribution in [0.5, 0.6) is 0 Å². The van der Waals surface area contributed by atoms with Gasteiger partial charge in [0.2, 0.25) is 5.91 Å². The zero-order valence-corrected chi connectivity index (χ0v) is 15.0. The number of aryl methyl sites for hydroxylation is 1. The molecule has 12 heteroatoms. The molecule has 3 rings (SSSR count). The highest BCUT2D eigenvalue weighted by atomic mass is 32.2. The van der Waals surface area contributed by atoms with E-state index in [1.807, 2.05) is 0 Å². The number of nitrogens with zero attached hydrogens (tertiary/aromatic N) is 1. The molecular weight excluding hydrogens is 407 g/mol. The van der Waals surface area contributed by atoms with E-state index in [4.69, 9.17) is 4.18 Å². The first-order valence-corrected chi connectivity index (χ1v) is 9.31. The Hall–Kier alpha value is -2.60. The quantitative estimate of drug-likeness (QED) is 0.540. The molecule has 0 bridgehead atoms. The number of rotatable bonds is 5. The van der Waals surface area contributed by atoms with Crippen molar-refractivity contribution in [3.8, 4) is 0 Å². The van der Waals surface area contributed by atoms with Crippen LogP contribution < -0.4 is 0 Å². The minimum absolute atomic E-state index is 0.250. The zero-order chi connectivity index (χ0) is 21.0. The predicted molar refractivity (Wildman–Crippen MR) is 84.9 cm³/mol. The number of aliphatic carboxylic acids is 1. The van der Waals surface area contributed by atoms with Gasteiger partial charge in [-0.05, 0) is 18.6 Å². The summed E-state index contributed by atoms with van der Waals surface area (Å²) in [6.45, 7) is 1.48. The standard InChI is InChI=1S/C16H14F3NO7S/c1-7-4-2-3-5-10(7)28(25,26)27-9-6-8-11(13(21)16(17,18)19)14(22)20(8)12(9)15(23)24/h2-5,8,11,13,21H,6H2,1H3,(H,23,24). The number of carboxylic acids is 1. The van der Waals surface area contributed by atoms with Gasteiger partial charge < -0.3 is 14.4 Å². The number of alkyl halides is 3. The summed E-state index contributed by atoms with van der Waals surface area (Å²) < 4.78 is 68.2. The van der Waals surface area contributed by atoms with Gasteiger partial charge in [-0.25, -0.2) is 4.79 Å². The first-order valence-electron chi connectivity index (χ1n) is 7.90. The Morgan fingerprint density at radius 2 is 1.93 bits per heavy atom. The maximum atomic E-state index is 12.8.